The Morgan fingerprint density at radius 2 is 2.07 bits per heavy atom. The van der Waals surface area contributed by atoms with Crippen molar-refractivity contribution in [1.29, 1.82) is 0 Å². The Balaban J connectivity index is 1.79. The van der Waals surface area contributed by atoms with Crippen LogP contribution in [-0.2, 0) is 27.6 Å². The minimum absolute atomic E-state index is 0.00405. The zero-order valence-electron chi connectivity index (χ0n) is 15.9. The maximum absolute atomic E-state index is 14.7. The van der Waals surface area contributed by atoms with E-state index < -0.39 is 35.2 Å². The normalized spacial score (nSPS) is 23.2. The van der Waals surface area contributed by atoms with E-state index in [1.165, 1.54) is 20.2 Å². The molecule has 1 aliphatic carbocycles. The predicted molar refractivity (Wildman–Crippen MR) is 98.3 cm³/mol. The first-order valence-electron chi connectivity index (χ1n) is 9.04. The molecule has 6 nitrogen and oxygen atoms in total. The number of aromatic nitrogens is 2. The van der Waals surface area contributed by atoms with Gasteiger partial charge in [0.1, 0.15) is 5.82 Å². The van der Waals surface area contributed by atoms with Crippen molar-refractivity contribution in [3.8, 4) is 11.3 Å². The number of hydrogen-bond donors (Lipinski definition) is 0. The molecule has 2 unspecified atom stereocenters. The summed E-state index contributed by atoms with van der Waals surface area (Å²) in [6.45, 7) is 0. The number of methoxy groups -OCH3 is 1. The van der Waals surface area contributed by atoms with Crippen molar-refractivity contribution in [2.75, 3.05) is 7.11 Å². The van der Waals surface area contributed by atoms with Gasteiger partial charge in [-0.05, 0) is 31.0 Å². The molecule has 1 aromatic carbocycles. The number of nitrogens with zero attached hydrogens (tertiary/aromatic N) is 3. The van der Waals surface area contributed by atoms with E-state index in [1.807, 2.05) is 0 Å². The highest BCUT2D eigenvalue weighted by atomic mass is 35.5. The summed E-state index contributed by atoms with van der Waals surface area (Å²) in [6.07, 6.45) is -3.02. The van der Waals surface area contributed by atoms with Crippen LogP contribution in [0.15, 0.2) is 23.4 Å². The molecule has 0 radical (unpaired) electrons. The van der Waals surface area contributed by atoms with Gasteiger partial charge in [0, 0.05) is 24.6 Å². The molecular weight excluding hydrogens is 430 g/mol. The fraction of sp³-hybridized carbons (Fsp3) is 0.421. The number of benzene rings is 1. The second-order valence-corrected chi connectivity index (χ2v) is 7.65. The maximum atomic E-state index is 14.7. The Labute approximate surface area is 173 Å². The molecule has 30 heavy (non-hydrogen) atoms. The number of carbonyl (C=O) groups is 1. The number of carbonyl (C=O) groups excluding carboxylic acids is 1. The molecule has 0 spiro atoms. The van der Waals surface area contributed by atoms with Gasteiger partial charge in [0.2, 0.25) is 5.60 Å². The van der Waals surface area contributed by atoms with Crippen LogP contribution >= 0.6 is 11.6 Å². The fourth-order valence-corrected chi connectivity index (χ4v) is 4.38. The van der Waals surface area contributed by atoms with E-state index in [0.29, 0.717) is 25.0 Å². The van der Waals surface area contributed by atoms with Crippen molar-refractivity contribution in [3.63, 3.8) is 0 Å². The number of alkyl halides is 3. The second kappa shape index (κ2) is 6.97. The highest BCUT2D eigenvalue weighted by molar-refractivity contribution is 6.34. The third-order valence-electron chi connectivity index (χ3n) is 5.55. The van der Waals surface area contributed by atoms with Crippen LogP contribution in [0.4, 0.5) is 17.6 Å². The van der Waals surface area contributed by atoms with Crippen LogP contribution in [0.1, 0.15) is 30.5 Å². The van der Waals surface area contributed by atoms with Gasteiger partial charge in [-0.3, -0.25) is 4.68 Å². The summed E-state index contributed by atoms with van der Waals surface area (Å²) in [4.78, 5) is 17.8. The third kappa shape index (κ3) is 3.05. The summed E-state index contributed by atoms with van der Waals surface area (Å²) in [6, 6.07) is 3.07. The van der Waals surface area contributed by atoms with E-state index in [2.05, 4.69) is 10.3 Å². The first-order chi connectivity index (χ1) is 14.1. The summed E-state index contributed by atoms with van der Waals surface area (Å²) in [5, 5.41) is 7.46. The van der Waals surface area contributed by atoms with Gasteiger partial charge in [-0.1, -0.05) is 16.8 Å². The van der Waals surface area contributed by atoms with Crippen molar-refractivity contribution in [1.82, 2.24) is 9.78 Å². The van der Waals surface area contributed by atoms with Gasteiger partial charge in [0.05, 0.1) is 29.5 Å². The van der Waals surface area contributed by atoms with Crippen LogP contribution in [0.5, 0.6) is 0 Å². The van der Waals surface area contributed by atoms with Gasteiger partial charge in [0.15, 0.2) is 5.69 Å². The molecule has 0 bridgehead atoms. The lowest BCUT2D eigenvalue weighted by Crippen LogP contribution is -2.43. The Morgan fingerprint density at radius 1 is 1.33 bits per heavy atom. The van der Waals surface area contributed by atoms with Crippen molar-refractivity contribution in [2.24, 2.45) is 18.1 Å². The minimum Gasteiger partial charge on any atom is -0.466 e. The van der Waals surface area contributed by atoms with Crippen molar-refractivity contribution in [3.05, 3.63) is 40.3 Å². The quantitative estimate of drug-likeness (QED) is 0.520. The zero-order chi connectivity index (χ0) is 21.8. The fourth-order valence-electron chi connectivity index (χ4n) is 4.13. The van der Waals surface area contributed by atoms with E-state index in [9.17, 15) is 22.4 Å². The summed E-state index contributed by atoms with van der Waals surface area (Å²) < 4.78 is 59.5. The monoisotopic (exact) mass is 445 g/mol. The molecular formula is C19H16ClF4N3O3. The Morgan fingerprint density at radius 3 is 2.70 bits per heavy atom. The van der Waals surface area contributed by atoms with E-state index in [0.717, 1.165) is 16.8 Å². The molecule has 2 aromatic rings. The van der Waals surface area contributed by atoms with Crippen LogP contribution in [-0.4, -0.2) is 34.2 Å². The number of oxime groups is 1. The SMILES string of the molecule is COC(=O)C12CCCC1C(c1cc(-c3cc(C(F)(F)F)nn3C)c(F)cc1Cl)=NO2. The van der Waals surface area contributed by atoms with Crippen LogP contribution in [0.25, 0.3) is 11.3 Å². The van der Waals surface area contributed by atoms with Crippen molar-refractivity contribution < 1.29 is 31.9 Å². The molecule has 1 aliphatic heterocycles. The molecule has 0 amide bonds. The Hall–Kier alpha value is -2.62. The number of esters is 1. The number of halogens is 5. The lowest BCUT2D eigenvalue weighted by Gasteiger charge is -2.23. The summed E-state index contributed by atoms with van der Waals surface area (Å²) in [5.41, 5.74) is -2.00. The van der Waals surface area contributed by atoms with E-state index in [4.69, 9.17) is 21.2 Å². The Kier molecular flexibility index (Phi) is 4.80. The van der Waals surface area contributed by atoms with Gasteiger partial charge in [-0.25, -0.2) is 9.18 Å². The molecule has 4 rings (SSSR count). The highest BCUT2D eigenvalue weighted by Gasteiger charge is 2.59. The number of rotatable bonds is 3. The molecule has 2 heterocycles. The lowest BCUT2D eigenvalue weighted by molar-refractivity contribution is -0.168. The number of aryl methyl sites for hydroxylation is 1. The van der Waals surface area contributed by atoms with Gasteiger partial charge in [-0.15, -0.1) is 0 Å². The summed E-state index contributed by atoms with van der Waals surface area (Å²) in [5.74, 6) is -1.84. The second-order valence-electron chi connectivity index (χ2n) is 7.24. The molecule has 160 valence electrons. The average Bonchev–Trinajstić information content (AvgIpc) is 3.35. The van der Waals surface area contributed by atoms with Gasteiger partial charge < -0.3 is 9.57 Å². The minimum atomic E-state index is -4.67. The van der Waals surface area contributed by atoms with Gasteiger partial charge in [-0.2, -0.15) is 18.3 Å². The number of ether oxygens (including phenoxy) is 1. The largest absolute Gasteiger partial charge is 0.466 e. The molecule has 2 aliphatic rings. The van der Waals surface area contributed by atoms with Crippen LogP contribution in [0.3, 0.4) is 0 Å². The van der Waals surface area contributed by atoms with Crippen molar-refractivity contribution >= 4 is 23.3 Å². The Bertz CT molecular complexity index is 1070. The predicted octanol–water partition coefficient (Wildman–Crippen LogP) is 4.34. The first kappa shape index (κ1) is 20.6. The first-order valence-corrected chi connectivity index (χ1v) is 9.42. The smallest absolute Gasteiger partial charge is 0.435 e. The van der Waals surface area contributed by atoms with Gasteiger partial charge in [0.25, 0.3) is 0 Å². The van der Waals surface area contributed by atoms with E-state index in [1.54, 1.807) is 0 Å². The molecule has 0 saturated heterocycles. The summed E-state index contributed by atoms with van der Waals surface area (Å²) >= 11 is 6.24. The van der Waals surface area contributed by atoms with E-state index >= 15 is 0 Å². The lowest BCUT2D eigenvalue weighted by atomic mass is 9.84. The van der Waals surface area contributed by atoms with Crippen LogP contribution < -0.4 is 0 Å². The van der Waals surface area contributed by atoms with Gasteiger partial charge >= 0.3 is 12.1 Å². The van der Waals surface area contributed by atoms with Crippen molar-refractivity contribution in [2.45, 2.75) is 31.0 Å². The molecule has 2 atom stereocenters. The number of fused-ring (bicyclic) bond motifs is 1. The summed E-state index contributed by atoms with van der Waals surface area (Å²) in [7, 11) is 2.53. The highest BCUT2D eigenvalue weighted by Crippen LogP contribution is 2.47. The molecule has 1 aromatic heterocycles. The molecule has 0 N–H and O–H groups in total. The third-order valence-corrected chi connectivity index (χ3v) is 5.86. The molecule has 1 saturated carbocycles. The molecule has 11 heteroatoms. The average molecular weight is 446 g/mol. The zero-order valence-corrected chi connectivity index (χ0v) is 16.6. The topological polar surface area (TPSA) is 65.7 Å². The standard InChI is InChI=1S/C19H16ClF4N3O3/c1-27-14(8-15(25-27)19(22,23)24)10-6-9(12(20)7-13(10)21)16-11-4-3-5-18(11,30-26-16)17(28)29-2/h6-8,11H,3-5H2,1-2H3. The molecule has 1 fully saturated rings. The maximum Gasteiger partial charge on any atom is 0.435 e. The van der Waals surface area contributed by atoms with E-state index in [-0.39, 0.29) is 21.8 Å². The van der Waals surface area contributed by atoms with Crippen LogP contribution in [0, 0.1) is 11.7 Å². The van der Waals surface area contributed by atoms with Crippen LogP contribution in [0.2, 0.25) is 5.02 Å². The number of hydrogen-bond acceptors (Lipinski definition) is 5.